The van der Waals surface area contributed by atoms with E-state index in [1.54, 1.807) is 25.4 Å². The van der Waals surface area contributed by atoms with E-state index in [1.807, 2.05) is 30.3 Å². The molecule has 1 amide bonds. The number of H-pyrrole nitrogens is 1. The normalized spacial score (nSPS) is 10.9. The number of hydrogen-bond donors (Lipinski definition) is 2. The summed E-state index contributed by atoms with van der Waals surface area (Å²) in [6.45, 7) is 3.19. The number of fused-ring (bicyclic) bond motifs is 1. The van der Waals surface area contributed by atoms with Gasteiger partial charge in [-0.3, -0.25) is 9.59 Å². The minimum Gasteiger partial charge on any atom is -0.361 e. The van der Waals surface area contributed by atoms with Crippen molar-refractivity contribution in [1.82, 2.24) is 15.1 Å². The van der Waals surface area contributed by atoms with Gasteiger partial charge in [-0.25, -0.2) is 4.98 Å². The third-order valence-electron chi connectivity index (χ3n) is 4.17. The molecular weight excluding hydrogens is 344 g/mol. The molecule has 0 atom stereocenters. The highest BCUT2D eigenvalue weighted by Gasteiger charge is 2.20. The second-order valence-corrected chi connectivity index (χ2v) is 6.20. The van der Waals surface area contributed by atoms with Gasteiger partial charge in [-0.15, -0.1) is 0 Å². The lowest BCUT2D eigenvalue weighted by atomic mass is 9.98. The molecule has 7 nitrogen and oxygen atoms in total. The number of rotatable bonds is 4. The minimum absolute atomic E-state index is 0.147. The molecule has 2 N–H and O–H groups in total. The van der Waals surface area contributed by atoms with Crippen molar-refractivity contribution in [2.24, 2.45) is 0 Å². The summed E-state index contributed by atoms with van der Waals surface area (Å²) in [5, 5.41) is 7.29. The van der Waals surface area contributed by atoms with Crippen molar-refractivity contribution in [1.29, 1.82) is 0 Å². The summed E-state index contributed by atoms with van der Waals surface area (Å²) < 4.78 is 5.03. The topological polar surface area (TPSA) is 101 Å². The molecule has 0 aliphatic rings. The molecule has 0 bridgehead atoms. The number of aromatic amines is 1. The number of nitrogens with zero attached hydrogens (tertiary/aromatic N) is 2. The van der Waals surface area contributed by atoms with Crippen LogP contribution in [0.2, 0.25) is 0 Å². The van der Waals surface area contributed by atoms with Crippen molar-refractivity contribution in [3.63, 3.8) is 0 Å². The molecule has 1 aromatic carbocycles. The molecule has 3 heterocycles. The lowest BCUT2D eigenvalue weighted by Gasteiger charge is -2.08. The first-order valence-corrected chi connectivity index (χ1v) is 8.35. The largest absolute Gasteiger partial charge is 0.361 e. The zero-order chi connectivity index (χ0) is 19.0. The number of carbonyl (C=O) groups excluding carboxylic acids is 2. The predicted molar refractivity (Wildman–Crippen MR) is 101 cm³/mol. The molecule has 7 heteroatoms. The molecule has 4 aromatic rings. The zero-order valence-electron chi connectivity index (χ0n) is 14.7. The smallest absolute Gasteiger partial charge is 0.221 e. The van der Waals surface area contributed by atoms with Gasteiger partial charge >= 0.3 is 0 Å². The second-order valence-electron chi connectivity index (χ2n) is 6.20. The lowest BCUT2D eigenvalue weighted by Crippen LogP contribution is -2.05. The molecule has 0 aliphatic carbocycles. The van der Waals surface area contributed by atoms with Crippen LogP contribution in [0.5, 0.6) is 0 Å². The lowest BCUT2D eigenvalue weighted by molar-refractivity contribution is -0.114. The van der Waals surface area contributed by atoms with Gasteiger partial charge < -0.3 is 14.8 Å². The number of amides is 1. The molecule has 0 spiro atoms. The number of aryl methyl sites for hydroxylation is 1. The van der Waals surface area contributed by atoms with Crippen LogP contribution in [0, 0.1) is 6.92 Å². The maximum atomic E-state index is 12.9. The third kappa shape index (κ3) is 3.10. The number of pyridine rings is 1. The van der Waals surface area contributed by atoms with Crippen LogP contribution in [0.4, 0.5) is 5.69 Å². The van der Waals surface area contributed by atoms with E-state index in [4.69, 9.17) is 4.52 Å². The fraction of sp³-hybridized carbons (Fsp3) is 0.100. The Hall–Kier alpha value is -3.74. The van der Waals surface area contributed by atoms with Crippen LogP contribution in [0.3, 0.4) is 0 Å². The molecule has 27 heavy (non-hydrogen) atoms. The van der Waals surface area contributed by atoms with Gasteiger partial charge in [-0.1, -0.05) is 17.3 Å². The van der Waals surface area contributed by atoms with Gasteiger partial charge in [0.1, 0.15) is 11.4 Å². The number of aromatic nitrogens is 3. The van der Waals surface area contributed by atoms with Crippen LogP contribution in [0.1, 0.15) is 28.7 Å². The number of ketones is 1. The highest BCUT2D eigenvalue weighted by Crippen LogP contribution is 2.32. The average molecular weight is 360 g/mol. The van der Waals surface area contributed by atoms with E-state index in [9.17, 15) is 9.59 Å². The van der Waals surface area contributed by atoms with Crippen LogP contribution in [-0.4, -0.2) is 26.8 Å². The van der Waals surface area contributed by atoms with Gasteiger partial charge in [0.15, 0.2) is 5.69 Å². The zero-order valence-corrected chi connectivity index (χ0v) is 14.7. The van der Waals surface area contributed by atoms with Gasteiger partial charge in [0, 0.05) is 36.5 Å². The Bertz CT molecular complexity index is 1170. The standard InChI is InChI=1S/C20H16N4O3/c1-11-8-17(24-27-11)19(26)16-10-22-20-18(16)15(6-7-21-20)13-4-3-5-14(9-13)23-12(2)25/h3-10H,1-2H3,(H,21,22)(H,23,25). The Morgan fingerprint density at radius 3 is 2.78 bits per heavy atom. The SMILES string of the molecule is CC(=O)Nc1cccc(-c2ccnc3[nH]cc(C(=O)c4cc(C)on4)c23)c1. The summed E-state index contributed by atoms with van der Waals surface area (Å²) in [6.07, 6.45) is 3.30. The van der Waals surface area contributed by atoms with E-state index in [2.05, 4.69) is 20.4 Å². The van der Waals surface area contributed by atoms with E-state index in [0.29, 0.717) is 28.0 Å². The van der Waals surface area contributed by atoms with Gasteiger partial charge in [0.05, 0.1) is 5.56 Å². The first kappa shape index (κ1) is 16.7. The van der Waals surface area contributed by atoms with Crippen LogP contribution < -0.4 is 5.32 Å². The fourth-order valence-electron chi connectivity index (χ4n) is 3.06. The second kappa shape index (κ2) is 6.53. The molecule has 0 saturated heterocycles. The van der Waals surface area contributed by atoms with Crippen molar-refractivity contribution < 1.29 is 14.1 Å². The summed E-state index contributed by atoms with van der Waals surface area (Å²) in [5.74, 6) is 0.177. The summed E-state index contributed by atoms with van der Waals surface area (Å²) in [7, 11) is 0. The fourth-order valence-corrected chi connectivity index (χ4v) is 3.06. The Morgan fingerprint density at radius 2 is 2.04 bits per heavy atom. The van der Waals surface area contributed by atoms with Crippen LogP contribution in [0.25, 0.3) is 22.2 Å². The Kier molecular flexibility index (Phi) is 4.04. The van der Waals surface area contributed by atoms with E-state index in [-0.39, 0.29) is 17.4 Å². The molecular formula is C20H16N4O3. The average Bonchev–Trinajstić information content (AvgIpc) is 3.27. The monoisotopic (exact) mass is 360 g/mol. The molecule has 0 aliphatic heterocycles. The number of benzene rings is 1. The summed E-state index contributed by atoms with van der Waals surface area (Å²) in [4.78, 5) is 31.6. The predicted octanol–water partition coefficient (Wildman–Crippen LogP) is 3.72. The van der Waals surface area contributed by atoms with Crippen molar-refractivity contribution in [3.8, 4) is 11.1 Å². The maximum Gasteiger partial charge on any atom is 0.221 e. The van der Waals surface area contributed by atoms with E-state index >= 15 is 0 Å². The van der Waals surface area contributed by atoms with Crippen LogP contribution >= 0.6 is 0 Å². The summed E-state index contributed by atoms with van der Waals surface area (Å²) in [5.41, 5.74) is 3.68. The van der Waals surface area contributed by atoms with Gasteiger partial charge in [0.2, 0.25) is 11.7 Å². The highest BCUT2D eigenvalue weighted by atomic mass is 16.5. The van der Waals surface area contributed by atoms with Crippen LogP contribution in [-0.2, 0) is 4.79 Å². The van der Waals surface area contributed by atoms with E-state index in [1.165, 1.54) is 6.92 Å². The van der Waals surface area contributed by atoms with Gasteiger partial charge in [0.25, 0.3) is 0 Å². The van der Waals surface area contributed by atoms with E-state index in [0.717, 1.165) is 11.1 Å². The Balaban J connectivity index is 1.86. The molecule has 4 rings (SSSR count). The highest BCUT2D eigenvalue weighted by molar-refractivity contribution is 6.18. The molecule has 134 valence electrons. The quantitative estimate of drug-likeness (QED) is 0.540. The summed E-state index contributed by atoms with van der Waals surface area (Å²) in [6, 6.07) is 10.9. The molecule has 0 radical (unpaired) electrons. The molecule has 0 fully saturated rings. The molecule has 0 unspecified atom stereocenters. The van der Waals surface area contributed by atoms with Gasteiger partial charge in [-0.2, -0.15) is 0 Å². The number of carbonyl (C=O) groups is 2. The number of nitrogens with one attached hydrogen (secondary N) is 2. The van der Waals surface area contributed by atoms with Crippen molar-refractivity contribution in [2.45, 2.75) is 13.8 Å². The Morgan fingerprint density at radius 1 is 1.19 bits per heavy atom. The van der Waals surface area contributed by atoms with Gasteiger partial charge in [-0.05, 0) is 36.2 Å². The van der Waals surface area contributed by atoms with E-state index < -0.39 is 0 Å². The van der Waals surface area contributed by atoms with Crippen molar-refractivity contribution in [3.05, 3.63) is 65.8 Å². The molecule has 0 saturated carbocycles. The van der Waals surface area contributed by atoms with Crippen LogP contribution in [0.15, 0.2) is 53.3 Å². The van der Waals surface area contributed by atoms with Crippen molar-refractivity contribution in [2.75, 3.05) is 5.32 Å². The Labute approximate surface area is 154 Å². The van der Waals surface area contributed by atoms with Crippen molar-refractivity contribution >= 4 is 28.4 Å². The first-order valence-electron chi connectivity index (χ1n) is 8.35. The first-order chi connectivity index (χ1) is 13.0. The number of hydrogen-bond acceptors (Lipinski definition) is 5. The number of anilines is 1. The minimum atomic E-state index is -0.245. The third-order valence-corrected chi connectivity index (χ3v) is 4.17. The molecule has 3 aromatic heterocycles. The maximum absolute atomic E-state index is 12.9. The summed E-state index contributed by atoms with van der Waals surface area (Å²) >= 11 is 0.